The van der Waals surface area contributed by atoms with Gasteiger partial charge in [-0.05, 0) is 29.3 Å². The summed E-state index contributed by atoms with van der Waals surface area (Å²) in [6.07, 6.45) is -5.23. The van der Waals surface area contributed by atoms with E-state index in [9.17, 15) is 18.0 Å². The van der Waals surface area contributed by atoms with Crippen molar-refractivity contribution in [2.45, 2.75) is 12.6 Å². The van der Waals surface area contributed by atoms with Gasteiger partial charge in [0.05, 0.1) is 6.42 Å². The van der Waals surface area contributed by atoms with E-state index in [1.54, 1.807) is 0 Å². The van der Waals surface area contributed by atoms with Gasteiger partial charge in [0, 0.05) is 5.56 Å². The summed E-state index contributed by atoms with van der Waals surface area (Å²) < 4.78 is 35.7. The van der Waals surface area contributed by atoms with E-state index in [-0.39, 0.29) is 11.1 Å². The number of alkyl halides is 3. The van der Waals surface area contributed by atoms with E-state index >= 15 is 0 Å². The lowest BCUT2D eigenvalue weighted by atomic mass is 10.1. The second kappa shape index (κ2) is 4.00. The second-order valence-corrected chi connectivity index (χ2v) is 3.11. The van der Waals surface area contributed by atoms with Gasteiger partial charge in [-0.25, -0.2) is 0 Å². The number of hydrogen-bond donors (Lipinski definition) is 0. The van der Waals surface area contributed by atoms with Gasteiger partial charge < -0.3 is 0 Å². The fourth-order valence-electron chi connectivity index (χ4n) is 0.985. The Balaban J connectivity index is 2.79. The lowest BCUT2D eigenvalue weighted by molar-refractivity contribution is -0.127. The quantitative estimate of drug-likeness (QED) is 0.703. The van der Waals surface area contributed by atoms with Crippen molar-refractivity contribution in [2.75, 3.05) is 0 Å². The molecule has 0 aliphatic carbocycles. The summed E-state index contributed by atoms with van der Waals surface area (Å²) in [6, 6.07) is 5.03. The molecule has 1 aromatic rings. The Bertz CT molecular complexity index is 329. The molecule has 0 saturated carbocycles. The smallest absolute Gasteiger partial charge is 0.276 e. The highest BCUT2D eigenvalue weighted by atomic mass is 35.5. The molecule has 0 saturated heterocycles. The van der Waals surface area contributed by atoms with Crippen molar-refractivity contribution in [2.24, 2.45) is 0 Å². The minimum absolute atomic E-state index is 0.110. The molecule has 1 nitrogen and oxygen atoms in total. The highest BCUT2D eigenvalue weighted by Gasteiger charge is 2.27. The molecule has 14 heavy (non-hydrogen) atoms. The molecule has 0 atom stereocenters. The van der Waals surface area contributed by atoms with Crippen molar-refractivity contribution in [1.82, 2.24) is 0 Å². The van der Waals surface area contributed by atoms with Crippen molar-refractivity contribution >= 4 is 16.8 Å². The van der Waals surface area contributed by atoms with Crippen LogP contribution in [0.5, 0.6) is 0 Å². The van der Waals surface area contributed by atoms with Crippen molar-refractivity contribution in [3.63, 3.8) is 0 Å². The number of benzene rings is 1. The highest BCUT2D eigenvalue weighted by Crippen LogP contribution is 2.21. The van der Waals surface area contributed by atoms with Gasteiger partial charge in [-0.15, -0.1) is 0 Å². The van der Waals surface area contributed by atoms with Crippen LogP contribution in [0.2, 0.25) is 0 Å². The van der Waals surface area contributed by atoms with Gasteiger partial charge >= 0.3 is 6.18 Å². The zero-order chi connectivity index (χ0) is 10.8. The third-order valence-electron chi connectivity index (χ3n) is 1.59. The highest BCUT2D eigenvalue weighted by molar-refractivity contribution is 6.67. The Morgan fingerprint density at radius 3 is 2.07 bits per heavy atom. The molecular formula is C9H6ClF3O. The van der Waals surface area contributed by atoms with E-state index in [0.29, 0.717) is 0 Å². The number of halogens is 4. The molecule has 1 rings (SSSR count). The maximum Gasteiger partial charge on any atom is 0.393 e. The molecule has 0 bridgehead atoms. The van der Waals surface area contributed by atoms with Gasteiger partial charge in [-0.2, -0.15) is 13.2 Å². The van der Waals surface area contributed by atoms with Crippen LogP contribution >= 0.6 is 11.6 Å². The van der Waals surface area contributed by atoms with Crippen LogP contribution < -0.4 is 0 Å². The predicted octanol–water partition coefficient (Wildman–Crippen LogP) is 3.17. The fraction of sp³-hybridized carbons (Fsp3) is 0.222. The predicted molar refractivity (Wildman–Crippen MR) is 46.4 cm³/mol. The van der Waals surface area contributed by atoms with Crippen LogP contribution in [0.3, 0.4) is 0 Å². The molecule has 76 valence electrons. The van der Waals surface area contributed by atoms with E-state index in [2.05, 4.69) is 0 Å². The van der Waals surface area contributed by atoms with Gasteiger partial charge in [0.2, 0.25) is 0 Å². The number of carbonyl (C=O) groups is 1. The molecule has 5 heteroatoms. The topological polar surface area (TPSA) is 17.1 Å². The first-order valence-corrected chi connectivity index (χ1v) is 4.12. The van der Waals surface area contributed by atoms with E-state index < -0.39 is 17.8 Å². The van der Waals surface area contributed by atoms with Crippen LogP contribution in [0.25, 0.3) is 0 Å². The molecule has 0 N–H and O–H groups in total. The van der Waals surface area contributed by atoms with Crippen LogP contribution in [0.4, 0.5) is 13.2 Å². The molecule has 0 unspecified atom stereocenters. The minimum Gasteiger partial charge on any atom is -0.276 e. The molecule has 0 aliphatic heterocycles. The first-order valence-electron chi connectivity index (χ1n) is 3.74. The van der Waals surface area contributed by atoms with E-state index in [1.807, 2.05) is 0 Å². The van der Waals surface area contributed by atoms with Crippen LogP contribution in [0.1, 0.15) is 15.9 Å². The molecule has 0 amide bonds. The zero-order valence-electron chi connectivity index (χ0n) is 6.94. The summed E-state index contributed by atoms with van der Waals surface area (Å²) in [5.41, 5.74) is 0.303. The monoisotopic (exact) mass is 222 g/mol. The molecule has 0 radical (unpaired) electrons. The Kier molecular flexibility index (Phi) is 3.16. The normalized spacial score (nSPS) is 11.4. The standard InChI is InChI=1S/C9H6ClF3O/c10-8(14)7-3-1-6(2-4-7)5-9(11,12)13/h1-4H,5H2. The van der Waals surface area contributed by atoms with Crippen molar-refractivity contribution in [3.05, 3.63) is 35.4 Å². The van der Waals surface area contributed by atoms with Crippen molar-refractivity contribution < 1.29 is 18.0 Å². The van der Waals surface area contributed by atoms with E-state index in [1.165, 1.54) is 24.3 Å². The largest absolute Gasteiger partial charge is 0.393 e. The summed E-state index contributed by atoms with van der Waals surface area (Å²) in [5.74, 6) is 0. The lowest BCUT2D eigenvalue weighted by Crippen LogP contribution is -2.11. The summed E-state index contributed by atoms with van der Waals surface area (Å²) in [5, 5.41) is -0.677. The first-order chi connectivity index (χ1) is 6.38. The third-order valence-corrected chi connectivity index (χ3v) is 1.80. The van der Waals surface area contributed by atoms with Gasteiger partial charge in [0.15, 0.2) is 0 Å². The van der Waals surface area contributed by atoms with E-state index in [0.717, 1.165) is 0 Å². The Hall–Kier alpha value is -1.03. The van der Waals surface area contributed by atoms with Gasteiger partial charge in [-0.3, -0.25) is 4.79 Å². The summed E-state index contributed by atoms with van der Waals surface area (Å²) in [6.45, 7) is 0. The zero-order valence-corrected chi connectivity index (χ0v) is 7.69. The molecule has 0 aliphatic rings. The number of carbonyl (C=O) groups excluding carboxylic acids is 1. The van der Waals surface area contributed by atoms with E-state index in [4.69, 9.17) is 11.6 Å². The van der Waals surface area contributed by atoms with Crippen LogP contribution in [-0.4, -0.2) is 11.4 Å². The number of rotatable bonds is 2. The summed E-state index contributed by atoms with van der Waals surface area (Å²) >= 11 is 5.13. The molecule has 1 aromatic carbocycles. The van der Waals surface area contributed by atoms with Crippen LogP contribution in [0.15, 0.2) is 24.3 Å². The molecule has 0 aromatic heterocycles. The Morgan fingerprint density at radius 2 is 1.71 bits per heavy atom. The van der Waals surface area contributed by atoms with Crippen LogP contribution in [-0.2, 0) is 6.42 Å². The van der Waals surface area contributed by atoms with Crippen molar-refractivity contribution in [3.8, 4) is 0 Å². The Morgan fingerprint density at radius 1 is 1.21 bits per heavy atom. The minimum atomic E-state index is -4.23. The summed E-state index contributed by atoms with van der Waals surface area (Å²) in [7, 11) is 0. The molecular weight excluding hydrogens is 217 g/mol. The van der Waals surface area contributed by atoms with Crippen molar-refractivity contribution in [1.29, 1.82) is 0 Å². The van der Waals surface area contributed by atoms with Gasteiger partial charge in [0.25, 0.3) is 5.24 Å². The Labute approximate surface area is 83.5 Å². The molecule has 0 heterocycles. The maximum atomic E-state index is 11.9. The van der Waals surface area contributed by atoms with Crippen LogP contribution in [0, 0.1) is 0 Å². The average molecular weight is 223 g/mol. The lowest BCUT2D eigenvalue weighted by Gasteiger charge is -2.05. The second-order valence-electron chi connectivity index (χ2n) is 2.76. The molecule has 0 spiro atoms. The first kappa shape index (κ1) is 11.0. The maximum absolute atomic E-state index is 11.9. The summed E-state index contributed by atoms with van der Waals surface area (Å²) in [4.78, 5) is 10.6. The van der Waals surface area contributed by atoms with Gasteiger partial charge in [0.1, 0.15) is 0 Å². The molecule has 0 fully saturated rings. The number of hydrogen-bond acceptors (Lipinski definition) is 1. The average Bonchev–Trinajstić information content (AvgIpc) is 2.02. The van der Waals surface area contributed by atoms with Gasteiger partial charge in [-0.1, -0.05) is 12.1 Å². The third kappa shape index (κ3) is 3.38. The fourth-order valence-corrected chi connectivity index (χ4v) is 1.11. The SMILES string of the molecule is O=C(Cl)c1ccc(CC(F)(F)F)cc1.